The number of amides is 2. The number of Topliss-reactive ketones (excluding diaryl/α,β-unsaturated/α-hetero) is 1. The molecule has 2 aromatic rings. The number of pyridine rings is 1. The predicted octanol–water partition coefficient (Wildman–Crippen LogP) is 5.82. The van der Waals surface area contributed by atoms with E-state index in [-0.39, 0.29) is 56.9 Å². The van der Waals surface area contributed by atoms with E-state index >= 15 is 0 Å². The molecular formula is C40H52FN3O9S. The van der Waals surface area contributed by atoms with Gasteiger partial charge in [0.2, 0.25) is 22.7 Å². The van der Waals surface area contributed by atoms with Crippen LogP contribution in [0.3, 0.4) is 0 Å². The molecule has 54 heavy (non-hydrogen) atoms. The summed E-state index contributed by atoms with van der Waals surface area (Å²) < 4.78 is 59.9. The lowest BCUT2D eigenvalue weighted by molar-refractivity contribution is -0.160. The van der Waals surface area contributed by atoms with Crippen molar-refractivity contribution in [3.8, 4) is 11.6 Å². The number of ether oxygens (including phenoxy) is 3. The maximum atomic E-state index is 14.8. The largest absolute Gasteiger partial charge is 0.497 e. The van der Waals surface area contributed by atoms with Crippen molar-refractivity contribution in [1.82, 2.24) is 14.6 Å². The molecule has 0 unspecified atom stereocenters. The van der Waals surface area contributed by atoms with Gasteiger partial charge in [0.25, 0.3) is 10.0 Å². The van der Waals surface area contributed by atoms with Gasteiger partial charge in [-0.05, 0) is 93.9 Å². The number of aromatic nitrogens is 1. The van der Waals surface area contributed by atoms with Crippen LogP contribution in [0.25, 0.3) is 10.8 Å². The Hall–Kier alpha value is -4.07. The summed E-state index contributed by atoms with van der Waals surface area (Å²) in [7, 11) is -3.04. The monoisotopic (exact) mass is 769 g/mol. The zero-order chi connectivity index (χ0) is 39.2. The van der Waals surface area contributed by atoms with Crippen LogP contribution in [0.2, 0.25) is 0 Å². The van der Waals surface area contributed by atoms with Crippen molar-refractivity contribution in [3.63, 3.8) is 0 Å². The van der Waals surface area contributed by atoms with E-state index in [0.29, 0.717) is 29.9 Å². The van der Waals surface area contributed by atoms with Gasteiger partial charge in [-0.25, -0.2) is 22.5 Å². The third-order valence-electron chi connectivity index (χ3n) is 11.3. The number of carbonyl (C=O) groups is 4. The molecule has 2 aliphatic carbocycles. The van der Waals surface area contributed by atoms with Crippen LogP contribution in [0, 0.1) is 29.1 Å². The van der Waals surface area contributed by atoms with E-state index < -0.39 is 73.6 Å². The summed E-state index contributed by atoms with van der Waals surface area (Å²) in [5.74, 6) is -2.64. The number of allylic oxidation sites excluding steroid dienone is 2. The number of hydrogen-bond donors (Lipinski definition) is 1. The van der Waals surface area contributed by atoms with Gasteiger partial charge in [0.05, 0.1) is 37.5 Å². The molecule has 6 rings (SSSR count). The molecule has 294 valence electrons. The Kier molecular flexibility index (Phi) is 10.9. The Labute approximate surface area is 316 Å². The lowest BCUT2D eigenvalue weighted by atomic mass is 9.82. The second-order valence-corrected chi connectivity index (χ2v) is 18.8. The SMILES string of the molecule is COc1ccc2c(O[C@@H]3C[C@H]4C(=O)C[C@]5(C(=O)NS(=O)(=O)C6(F)CC6)C[C@H]5/C=C\CC[C@H](C)C[C@@H](C)[C@H](CC(=O)OC(C)(C)C)C(=O)N4C3)nccc2c1. The summed E-state index contributed by atoms with van der Waals surface area (Å²) in [5, 5.41) is -0.979. The van der Waals surface area contributed by atoms with E-state index in [1.165, 1.54) is 4.90 Å². The summed E-state index contributed by atoms with van der Waals surface area (Å²) in [6, 6.07) is 6.22. The van der Waals surface area contributed by atoms with Crippen LogP contribution in [0.15, 0.2) is 42.6 Å². The lowest BCUT2D eigenvalue weighted by Crippen LogP contribution is -2.48. The molecule has 7 atom stereocenters. The van der Waals surface area contributed by atoms with Crippen molar-refractivity contribution in [3.05, 3.63) is 42.6 Å². The Bertz CT molecular complexity index is 1940. The predicted molar refractivity (Wildman–Crippen MR) is 198 cm³/mol. The third kappa shape index (κ3) is 8.43. The third-order valence-corrected chi connectivity index (χ3v) is 13.2. The first kappa shape index (κ1) is 39.6. The maximum Gasteiger partial charge on any atom is 0.307 e. The molecule has 4 aliphatic rings. The van der Waals surface area contributed by atoms with Gasteiger partial charge < -0.3 is 19.1 Å². The Morgan fingerprint density at radius 3 is 2.54 bits per heavy atom. The van der Waals surface area contributed by atoms with Crippen molar-refractivity contribution >= 4 is 44.4 Å². The number of ketones is 1. The summed E-state index contributed by atoms with van der Waals surface area (Å²) in [6.07, 6.45) is 6.11. The molecule has 1 aromatic heterocycles. The molecule has 12 nitrogen and oxygen atoms in total. The standard InChI is InChI=1S/C40H52FN3O9S/c1-24-9-7-8-10-27-21-39(27,37(48)43-54(49,50)40(41)14-15-40)22-33(45)32-19-29(52-35-30-12-11-28(51-6)18-26(30)13-16-42-35)23-44(32)36(47)31(25(2)17-24)20-34(46)53-38(3,4)5/h8,10-13,16,18,24-25,27,29,31-32H,7,9,14-15,17,19-23H2,1-6H3,(H,43,48)/b10-8-/t24-,25+,27+,29+,31-,32-,39+/m0/s1. The molecular weight excluding hydrogens is 718 g/mol. The van der Waals surface area contributed by atoms with Crippen molar-refractivity contribution in [2.45, 2.75) is 115 Å². The zero-order valence-corrected chi connectivity index (χ0v) is 32.7. The van der Waals surface area contributed by atoms with Gasteiger partial charge in [-0.2, -0.15) is 0 Å². The number of rotatable bonds is 8. The van der Waals surface area contributed by atoms with Crippen LogP contribution in [-0.4, -0.2) is 78.3 Å². The Morgan fingerprint density at radius 2 is 1.85 bits per heavy atom. The molecule has 14 heteroatoms. The van der Waals surface area contributed by atoms with Crippen molar-refractivity contribution in [2.75, 3.05) is 13.7 Å². The van der Waals surface area contributed by atoms with Crippen LogP contribution in [0.5, 0.6) is 11.6 Å². The van der Waals surface area contributed by atoms with Crippen LogP contribution in [0.1, 0.15) is 92.4 Å². The van der Waals surface area contributed by atoms with E-state index in [2.05, 4.69) is 11.9 Å². The molecule has 2 saturated carbocycles. The van der Waals surface area contributed by atoms with E-state index in [1.54, 1.807) is 40.1 Å². The number of fused-ring (bicyclic) bond motifs is 3. The quantitative estimate of drug-likeness (QED) is 0.256. The van der Waals surface area contributed by atoms with Gasteiger partial charge in [-0.3, -0.25) is 19.2 Å². The molecule has 0 spiro atoms. The minimum absolute atomic E-state index is 0.0117. The molecule has 2 aliphatic heterocycles. The fraction of sp³-hybridized carbons (Fsp3) is 0.625. The normalized spacial score (nSPS) is 30.6. The van der Waals surface area contributed by atoms with Gasteiger partial charge in [0.1, 0.15) is 17.5 Å². The summed E-state index contributed by atoms with van der Waals surface area (Å²) >= 11 is 0. The molecule has 1 aromatic carbocycles. The molecule has 3 fully saturated rings. The number of alkyl halides is 1. The van der Waals surface area contributed by atoms with Gasteiger partial charge >= 0.3 is 5.97 Å². The second kappa shape index (κ2) is 14.9. The first-order valence-corrected chi connectivity index (χ1v) is 20.4. The highest BCUT2D eigenvalue weighted by Gasteiger charge is 2.64. The van der Waals surface area contributed by atoms with Gasteiger partial charge in [0.15, 0.2) is 5.78 Å². The van der Waals surface area contributed by atoms with E-state index in [0.717, 1.165) is 11.8 Å². The highest BCUT2D eigenvalue weighted by molar-refractivity contribution is 7.91. The van der Waals surface area contributed by atoms with Crippen LogP contribution in [0.4, 0.5) is 4.39 Å². The Balaban J connectivity index is 1.35. The van der Waals surface area contributed by atoms with Crippen molar-refractivity contribution in [2.24, 2.45) is 29.1 Å². The van der Waals surface area contributed by atoms with E-state index in [4.69, 9.17) is 14.2 Å². The number of carbonyl (C=O) groups excluding carboxylic acids is 4. The van der Waals surface area contributed by atoms with Crippen LogP contribution < -0.4 is 14.2 Å². The van der Waals surface area contributed by atoms with Crippen LogP contribution >= 0.6 is 0 Å². The van der Waals surface area contributed by atoms with Crippen molar-refractivity contribution in [1.29, 1.82) is 0 Å². The maximum absolute atomic E-state index is 14.8. The highest BCUT2D eigenvalue weighted by Crippen LogP contribution is 2.58. The number of nitrogens with one attached hydrogen (secondary N) is 1. The number of methoxy groups -OCH3 is 1. The molecule has 3 heterocycles. The minimum Gasteiger partial charge on any atom is -0.497 e. The topological polar surface area (TPSA) is 158 Å². The fourth-order valence-electron chi connectivity index (χ4n) is 8.05. The highest BCUT2D eigenvalue weighted by atomic mass is 32.2. The van der Waals surface area contributed by atoms with Crippen LogP contribution in [-0.2, 0) is 33.9 Å². The average Bonchev–Trinajstić information content (AvgIpc) is 3.97. The van der Waals surface area contributed by atoms with E-state index in [9.17, 15) is 32.0 Å². The summed E-state index contributed by atoms with van der Waals surface area (Å²) in [4.78, 5) is 62.3. The number of sulfonamides is 1. The first-order chi connectivity index (χ1) is 25.3. The molecule has 0 bridgehead atoms. The van der Waals surface area contributed by atoms with Gasteiger partial charge in [0, 0.05) is 37.3 Å². The minimum atomic E-state index is -4.61. The number of nitrogens with zero attached hydrogens (tertiary/aromatic N) is 2. The first-order valence-electron chi connectivity index (χ1n) is 18.9. The number of halogens is 1. The molecule has 2 amide bonds. The number of hydrogen-bond acceptors (Lipinski definition) is 10. The fourth-order valence-corrected chi connectivity index (χ4v) is 9.32. The molecule has 0 radical (unpaired) electrons. The van der Waals surface area contributed by atoms with E-state index in [1.807, 2.05) is 42.0 Å². The zero-order valence-electron chi connectivity index (χ0n) is 31.9. The average molecular weight is 770 g/mol. The molecule has 1 N–H and O–H groups in total. The lowest BCUT2D eigenvalue weighted by Gasteiger charge is -2.32. The van der Waals surface area contributed by atoms with Crippen molar-refractivity contribution < 1.29 is 46.2 Å². The smallest absolute Gasteiger partial charge is 0.307 e. The summed E-state index contributed by atoms with van der Waals surface area (Å²) in [6.45, 7) is 9.32. The van der Waals surface area contributed by atoms with Gasteiger partial charge in [-0.15, -0.1) is 0 Å². The number of benzene rings is 1. The van der Waals surface area contributed by atoms with Gasteiger partial charge in [-0.1, -0.05) is 26.0 Å². The molecule has 1 saturated heterocycles. The summed E-state index contributed by atoms with van der Waals surface area (Å²) in [5.41, 5.74) is -2.20. The second-order valence-electron chi connectivity index (χ2n) is 16.8. The Morgan fingerprint density at radius 1 is 1.11 bits per heavy atom. The number of esters is 1.